The predicted octanol–water partition coefficient (Wildman–Crippen LogP) is 2.73. The first-order valence-corrected chi connectivity index (χ1v) is 4.19. The molecule has 2 heteroatoms. The molecular weight excluding hydrogens is 355 g/mol. The van der Waals surface area contributed by atoms with E-state index in [1.54, 1.807) is 6.07 Å². The predicted molar refractivity (Wildman–Crippen MR) is 55.1 cm³/mol. The van der Waals surface area contributed by atoms with Crippen LogP contribution in [0.2, 0.25) is 0 Å². The maximum absolute atomic E-state index is 5.57. The molecule has 2 N–H and O–H groups in total. The van der Waals surface area contributed by atoms with Crippen molar-refractivity contribution in [3.63, 3.8) is 0 Å². The molecule has 0 bridgehead atoms. The molecule has 74 valence electrons. The van der Waals surface area contributed by atoms with E-state index in [-0.39, 0.29) is 22.4 Å². The van der Waals surface area contributed by atoms with Gasteiger partial charge in [-0.2, -0.15) is 0 Å². The Bertz CT molecular complexity index is 381. The van der Waals surface area contributed by atoms with E-state index < -0.39 is 0 Å². The first-order chi connectivity index (χ1) is 6.36. The van der Waals surface area contributed by atoms with Gasteiger partial charge in [-0.3, -0.25) is 0 Å². The normalized spacial score (nSPS) is 9.14. The summed E-state index contributed by atoms with van der Waals surface area (Å²) >= 11 is 0. The Labute approximate surface area is 99.5 Å². The van der Waals surface area contributed by atoms with E-state index in [0.717, 1.165) is 11.3 Å². The summed E-state index contributed by atoms with van der Waals surface area (Å²) in [6.07, 6.45) is 0. The van der Waals surface area contributed by atoms with E-state index in [1.165, 1.54) is 5.56 Å². The number of hydrogen-bond donors (Lipinski definition) is 1. The number of anilines is 1. The fraction of sp³-hybridized carbons (Fsp3) is 0. The summed E-state index contributed by atoms with van der Waals surface area (Å²) in [6.45, 7) is 0. The van der Waals surface area contributed by atoms with E-state index in [1.807, 2.05) is 30.3 Å². The SMILES string of the molecule is Nc1c[c-]c(-c2ccccc2)cc1.[Au+]. The number of hydrogen-bond acceptors (Lipinski definition) is 1. The standard InChI is InChI=1S/C12H10N.Au/c13-12-8-6-11(7-9-12)10-4-2-1-3-5-10;/h1-6,8-9H,13H2;/q-1;+1. The molecule has 0 unspecified atom stereocenters. The third-order valence-corrected chi connectivity index (χ3v) is 1.92. The van der Waals surface area contributed by atoms with Crippen LogP contribution in [0.3, 0.4) is 0 Å². The van der Waals surface area contributed by atoms with Gasteiger partial charge in [0.1, 0.15) is 0 Å². The summed E-state index contributed by atoms with van der Waals surface area (Å²) in [4.78, 5) is 0. The summed E-state index contributed by atoms with van der Waals surface area (Å²) in [6, 6.07) is 18.9. The van der Waals surface area contributed by atoms with Gasteiger partial charge in [0.05, 0.1) is 0 Å². The Morgan fingerprint density at radius 1 is 0.929 bits per heavy atom. The van der Waals surface area contributed by atoms with Crippen molar-refractivity contribution in [2.45, 2.75) is 0 Å². The molecule has 0 atom stereocenters. The van der Waals surface area contributed by atoms with Crippen molar-refractivity contribution in [3.8, 4) is 11.1 Å². The van der Waals surface area contributed by atoms with Gasteiger partial charge < -0.3 is 5.73 Å². The third kappa shape index (κ3) is 2.48. The monoisotopic (exact) mass is 365 g/mol. The minimum absolute atomic E-state index is 0. The van der Waals surface area contributed by atoms with Gasteiger partial charge >= 0.3 is 22.4 Å². The van der Waals surface area contributed by atoms with E-state index in [2.05, 4.69) is 18.2 Å². The number of nitrogens with two attached hydrogens (primary N) is 1. The fourth-order valence-electron chi connectivity index (χ4n) is 1.23. The first kappa shape index (κ1) is 11.1. The summed E-state index contributed by atoms with van der Waals surface area (Å²) in [7, 11) is 0. The van der Waals surface area contributed by atoms with Crippen molar-refractivity contribution in [2.24, 2.45) is 0 Å². The van der Waals surface area contributed by atoms with E-state index in [4.69, 9.17) is 5.73 Å². The van der Waals surface area contributed by atoms with Gasteiger partial charge in [0.15, 0.2) is 0 Å². The van der Waals surface area contributed by atoms with Crippen LogP contribution in [0.15, 0.2) is 48.5 Å². The Kier molecular flexibility index (Phi) is 3.96. The molecule has 0 heterocycles. The number of rotatable bonds is 1. The largest absolute Gasteiger partial charge is 1.00 e. The zero-order valence-corrected chi connectivity index (χ0v) is 9.66. The maximum atomic E-state index is 5.57. The molecule has 0 aliphatic rings. The Morgan fingerprint density at radius 2 is 1.64 bits per heavy atom. The van der Waals surface area contributed by atoms with Crippen LogP contribution in [0.4, 0.5) is 5.69 Å². The van der Waals surface area contributed by atoms with Crippen LogP contribution in [0.5, 0.6) is 0 Å². The quantitative estimate of drug-likeness (QED) is 0.470. The van der Waals surface area contributed by atoms with E-state index >= 15 is 0 Å². The van der Waals surface area contributed by atoms with Crippen molar-refractivity contribution >= 4 is 5.69 Å². The molecule has 0 aromatic heterocycles. The van der Waals surface area contributed by atoms with Crippen molar-refractivity contribution < 1.29 is 22.4 Å². The van der Waals surface area contributed by atoms with E-state index in [0.29, 0.717) is 0 Å². The summed E-state index contributed by atoms with van der Waals surface area (Å²) < 4.78 is 0. The second kappa shape index (κ2) is 5.01. The maximum Gasteiger partial charge on any atom is 1.00 e. The molecule has 14 heavy (non-hydrogen) atoms. The number of nitrogen functional groups attached to an aromatic ring is 1. The summed E-state index contributed by atoms with van der Waals surface area (Å²) in [5.41, 5.74) is 8.57. The van der Waals surface area contributed by atoms with Crippen LogP contribution in [-0.4, -0.2) is 0 Å². The molecule has 0 saturated heterocycles. The minimum atomic E-state index is 0. The topological polar surface area (TPSA) is 26.0 Å². The molecule has 0 fully saturated rings. The van der Waals surface area contributed by atoms with Gasteiger partial charge in [-0.15, -0.1) is 29.8 Å². The smallest absolute Gasteiger partial charge is 0.436 e. The molecule has 0 aliphatic carbocycles. The molecule has 0 saturated carbocycles. The fourth-order valence-corrected chi connectivity index (χ4v) is 1.23. The summed E-state index contributed by atoms with van der Waals surface area (Å²) in [5, 5.41) is 0. The number of benzene rings is 2. The van der Waals surface area contributed by atoms with Gasteiger partial charge in [0, 0.05) is 0 Å². The Hall–Kier alpha value is -1.02. The average molecular weight is 365 g/mol. The van der Waals surface area contributed by atoms with Gasteiger partial charge in [-0.1, -0.05) is 41.6 Å². The van der Waals surface area contributed by atoms with Crippen LogP contribution in [-0.2, 0) is 22.4 Å². The second-order valence-corrected chi connectivity index (χ2v) is 2.90. The summed E-state index contributed by atoms with van der Waals surface area (Å²) in [5.74, 6) is 0. The van der Waals surface area contributed by atoms with Crippen LogP contribution in [0.1, 0.15) is 0 Å². The molecule has 2 aromatic rings. The molecular formula is C12H10AuN. The van der Waals surface area contributed by atoms with Crippen LogP contribution in [0, 0.1) is 6.07 Å². The van der Waals surface area contributed by atoms with Gasteiger partial charge in [0.25, 0.3) is 0 Å². The second-order valence-electron chi connectivity index (χ2n) is 2.90. The van der Waals surface area contributed by atoms with Crippen molar-refractivity contribution in [3.05, 3.63) is 54.6 Å². The van der Waals surface area contributed by atoms with Gasteiger partial charge in [-0.25, -0.2) is 0 Å². The zero-order chi connectivity index (χ0) is 9.10. The van der Waals surface area contributed by atoms with Gasteiger partial charge in [0.2, 0.25) is 0 Å². The molecule has 0 aliphatic heterocycles. The Balaban J connectivity index is 0.000000980. The average Bonchev–Trinajstić information content (AvgIpc) is 2.20. The van der Waals surface area contributed by atoms with Crippen molar-refractivity contribution in [1.82, 2.24) is 0 Å². The molecule has 2 rings (SSSR count). The first-order valence-electron chi connectivity index (χ1n) is 4.19. The van der Waals surface area contributed by atoms with Gasteiger partial charge in [-0.05, 0) is 0 Å². The molecule has 1 nitrogen and oxygen atoms in total. The zero-order valence-electron chi connectivity index (χ0n) is 7.50. The van der Waals surface area contributed by atoms with Crippen LogP contribution in [0.25, 0.3) is 11.1 Å². The molecule has 0 radical (unpaired) electrons. The van der Waals surface area contributed by atoms with Crippen molar-refractivity contribution in [2.75, 3.05) is 5.73 Å². The minimum Gasteiger partial charge on any atom is -0.436 e. The third-order valence-electron chi connectivity index (χ3n) is 1.92. The Morgan fingerprint density at radius 3 is 2.21 bits per heavy atom. The molecule has 0 spiro atoms. The van der Waals surface area contributed by atoms with E-state index in [9.17, 15) is 0 Å². The molecule has 2 aromatic carbocycles. The van der Waals surface area contributed by atoms with Crippen LogP contribution < -0.4 is 5.73 Å². The van der Waals surface area contributed by atoms with Crippen molar-refractivity contribution in [1.29, 1.82) is 0 Å². The van der Waals surface area contributed by atoms with Crippen LogP contribution >= 0.6 is 0 Å². The molecule has 0 amide bonds.